The zero-order valence-corrected chi connectivity index (χ0v) is 19.8. The van der Waals surface area contributed by atoms with Gasteiger partial charge in [-0.1, -0.05) is 38.1 Å². The molecule has 0 saturated carbocycles. The molecule has 0 radical (unpaired) electrons. The number of sulfonamides is 1. The molecule has 2 aromatic carbocycles. The van der Waals surface area contributed by atoms with Crippen LogP contribution in [0.25, 0.3) is 0 Å². The molecule has 31 heavy (non-hydrogen) atoms. The molecular weight excluding hydrogens is 412 g/mol. The maximum atomic E-state index is 12.6. The number of nitrogens with zero attached hydrogens (tertiary/aromatic N) is 1. The van der Waals surface area contributed by atoms with Crippen LogP contribution in [0, 0.1) is 13.8 Å². The minimum atomic E-state index is -3.51. The summed E-state index contributed by atoms with van der Waals surface area (Å²) in [4.78, 5) is 24.9. The molecule has 0 fully saturated rings. The highest BCUT2D eigenvalue weighted by Crippen LogP contribution is 2.20. The number of Topliss-reactive ketones (excluding diaryl/α,β-unsaturated/α-hetero) is 1. The van der Waals surface area contributed by atoms with Crippen molar-refractivity contribution >= 4 is 21.7 Å². The van der Waals surface area contributed by atoms with Crippen molar-refractivity contribution in [2.75, 3.05) is 13.1 Å². The predicted molar refractivity (Wildman–Crippen MR) is 123 cm³/mol. The molecular formula is C24H32N2O4S. The molecule has 6 nitrogen and oxygen atoms in total. The molecule has 168 valence electrons. The smallest absolute Gasteiger partial charge is 0.243 e. The Morgan fingerprint density at radius 2 is 1.55 bits per heavy atom. The minimum absolute atomic E-state index is 0.0585. The predicted octanol–water partition coefficient (Wildman–Crippen LogP) is 4.17. The lowest BCUT2D eigenvalue weighted by Gasteiger charge is -2.19. The summed E-state index contributed by atoms with van der Waals surface area (Å²) in [7, 11) is -3.51. The Morgan fingerprint density at radius 1 is 0.935 bits per heavy atom. The van der Waals surface area contributed by atoms with Gasteiger partial charge >= 0.3 is 0 Å². The van der Waals surface area contributed by atoms with Crippen molar-refractivity contribution in [1.29, 1.82) is 0 Å². The van der Waals surface area contributed by atoms with Crippen LogP contribution in [0.4, 0.5) is 0 Å². The first-order chi connectivity index (χ1) is 14.6. The molecule has 1 unspecified atom stereocenters. The number of rotatable bonds is 10. The zero-order valence-electron chi connectivity index (χ0n) is 18.9. The van der Waals surface area contributed by atoms with E-state index in [1.165, 1.54) is 4.31 Å². The largest absolute Gasteiger partial charge is 0.350 e. The lowest BCUT2D eigenvalue weighted by Crippen LogP contribution is -2.30. The van der Waals surface area contributed by atoms with Crippen LogP contribution in [0.3, 0.4) is 0 Å². The van der Waals surface area contributed by atoms with Crippen molar-refractivity contribution in [3.05, 3.63) is 64.7 Å². The van der Waals surface area contributed by atoms with E-state index in [0.717, 1.165) is 16.7 Å². The number of carbonyl (C=O) groups is 2. The summed E-state index contributed by atoms with van der Waals surface area (Å²) in [6, 6.07) is 11.8. The van der Waals surface area contributed by atoms with E-state index in [4.69, 9.17) is 0 Å². The van der Waals surface area contributed by atoms with Crippen molar-refractivity contribution < 1.29 is 18.0 Å². The topological polar surface area (TPSA) is 83.6 Å². The van der Waals surface area contributed by atoms with Gasteiger partial charge in [0.25, 0.3) is 0 Å². The first kappa shape index (κ1) is 24.8. The molecule has 0 heterocycles. The highest BCUT2D eigenvalue weighted by atomic mass is 32.2. The quantitative estimate of drug-likeness (QED) is 0.558. The summed E-state index contributed by atoms with van der Waals surface area (Å²) >= 11 is 0. The monoisotopic (exact) mass is 444 g/mol. The summed E-state index contributed by atoms with van der Waals surface area (Å²) < 4.78 is 26.6. The van der Waals surface area contributed by atoms with Crippen molar-refractivity contribution in [3.63, 3.8) is 0 Å². The van der Waals surface area contributed by atoms with Gasteiger partial charge < -0.3 is 5.32 Å². The third-order valence-corrected chi connectivity index (χ3v) is 7.57. The molecule has 7 heteroatoms. The highest BCUT2D eigenvalue weighted by molar-refractivity contribution is 7.89. The number of aryl methyl sites for hydroxylation is 2. The molecule has 0 aliphatic heterocycles. The van der Waals surface area contributed by atoms with Gasteiger partial charge in [-0.25, -0.2) is 8.42 Å². The van der Waals surface area contributed by atoms with E-state index in [9.17, 15) is 18.0 Å². The molecule has 1 amide bonds. The highest BCUT2D eigenvalue weighted by Gasteiger charge is 2.21. The van der Waals surface area contributed by atoms with Gasteiger partial charge in [0.2, 0.25) is 15.9 Å². The van der Waals surface area contributed by atoms with E-state index in [0.29, 0.717) is 18.7 Å². The van der Waals surface area contributed by atoms with E-state index >= 15 is 0 Å². The van der Waals surface area contributed by atoms with Gasteiger partial charge in [0.1, 0.15) is 0 Å². The van der Waals surface area contributed by atoms with Gasteiger partial charge in [-0.3, -0.25) is 9.59 Å². The van der Waals surface area contributed by atoms with Crippen LogP contribution in [0.5, 0.6) is 0 Å². The van der Waals surface area contributed by atoms with Gasteiger partial charge in [-0.2, -0.15) is 4.31 Å². The number of hydrogen-bond acceptors (Lipinski definition) is 4. The van der Waals surface area contributed by atoms with Crippen LogP contribution in [-0.4, -0.2) is 37.5 Å². The number of hydrogen-bond donors (Lipinski definition) is 1. The fourth-order valence-corrected chi connectivity index (χ4v) is 4.78. The molecule has 2 aromatic rings. The summed E-state index contributed by atoms with van der Waals surface area (Å²) in [5.41, 5.74) is 3.59. The summed E-state index contributed by atoms with van der Waals surface area (Å²) in [5, 5.41) is 2.88. The molecule has 2 rings (SSSR count). The van der Waals surface area contributed by atoms with E-state index in [1.54, 1.807) is 44.2 Å². The molecule has 0 aliphatic carbocycles. The van der Waals surface area contributed by atoms with E-state index < -0.39 is 10.0 Å². The van der Waals surface area contributed by atoms with Crippen LogP contribution in [0.2, 0.25) is 0 Å². The maximum absolute atomic E-state index is 12.6. The van der Waals surface area contributed by atoms with Crippen molar-refractivity contribution in [3.8, 4) is 0 Å². The van der Waals surface area contributed by atoms with Crippen molar-refractivity contribution in [2.24, 2.45) is 0 Å². The molecule has 0 bridgehead atoms. The van der Waals surface area contributed by atoms with Gasteiger partial charge in [0, 0.05) is 31.5 Å². The Bertz CT molecular complexity index is 1030. The molecule has 1 atom stereocenters. The molecule has 1 N–H and O–H groups in total. The lowest BCUT2D eigenvalue weighted by molar-refractivity contribution is -0.121. The number of nitrogens with one attached hydrogen (secondary N) is 1. The van der Waals surface area contributed by atoms with Crippen LogP contribution < -0.4 is 5.32 Å². The van der Waals surface area contributed by atoms with Crippen LogP contribution in [0.1, 0.15) is 66.7 Å². The standard InChI is InChI=1S/C24H32N2O4S/c1-6-26(7-2)31(29,30)22-12-10-20(11-13-22)19(5)25-24(28)15-14-23(27)21-9-8-17(3)18(4)16-21/h8-13,16,19H,6-7,14-15H2,1-5H3,(H,25,28). The van der Waals surface area contributed by atoms with Gasteiger partial charge in [-0.15, -0.1) is 0 Å². The summed E-state index contributed by atoms with van der Waals surface area (Å²) in [6.45, 7) is 10.2. The Hall–Kier alpha value is -2.51. The van der Waals surface area contributed by atoms with Crippen molar-refractivity contribution in [2.45, 2.75) is 58.4 Å². The second-order valence-electron chi connectivity index (χ2n) is 7.67. The normalized spacial score (nSPS) is 12.6. The Balaban J connectivity index is 1.95. The van der Waals surface area contributed by atoms with E-state index in [-0.39, 0.29) is 35.5 Å². The SMILES string of the molecule is CCN(CC)S(=O)(=O)c1ccc(C(C)NC(=O)CCC(=O)c2ccc(C)c(C)c2)cc1. The van der Waals surface area contributed by atoms with E-state index in [1.807, 2.05) is 32.9 Å². The summed E-state index contributed by atoms with van der Waals surface area (Å²) in [6.07, 6.45) is 0.243. The summed E-state index contributed by atoms with van der Waals surface area (Å²) in [5.74, 6) is -0.276. The third kappa shape index (κ3) is 6.24. The second kappa shape index (κ2) is 10.7. The lowest BCUT2D eigenvalue weighted by atomic mass is 10.0. The van der Waals surface area contributed by atoms with Gasteiger partial charge in [0.15, 0.2) is 5.78 Å². The first-order valence-electron chi connectivity index (χ1n) is 10.6. The fraction of sp³-hybridized carbons (Fsp3) is 0.417. The number of ketones is 1. The third-order valence-electron chi connectivity index (χ3n) is 5.51. The first-order valence-corrected chi connectivity index (χ1v) is 12.0. The number of carbonyl (C=O) groups excluding carboxylic acids is 2. The van der Waals surface area contributed by atoms with Crippen LogP contribution in [-0.2, 0) is 14.8 Å². The van der Waals surface area contributed by atoms with Crippen LogP contribution in [0.15, 0.2) is 47.4 Å². The second-order valence-corrected chi connectivity index (χ2v) is 9.61. The fourth-order valence-electron chi connectivity index (χ4n) is 3.32. The maximum Gasteiger partial charge on any atom is 0.243 e. The van der Waals surface area contributed by atoms with Crippen LogP contribution >= 0.6 is 0 Å². The number of benzene rings is 2. The van der Waals surface area contributed by atoms with Gasteiger partial charge in [-0.05, 0) is 55.7 Å². The molecule has 0 aliphatic rings. The Labute approximate surface area is 185 Å². The Morgan fingerprint density at radius 3 is 2.10 bits per heavy atom. The minimum Gasteiger partial charge on any atom is -0.350 e. The average Bonchev–Trinajstić information content (AvgIpc) is 2.74. The molecule has 0 saturated heterocycles. The number of amides is 1. The zero-order chi connectivity index (χ0) is 23.2. The van der Waals surface area contributed by atoms with Crippen molar-refractivity contribution in [1.82, 2.24) is 9.62 Å². The van der Waals surface area contributed by atoms with E-state index in [2.05, 4.69) is 5.32 Å². The van der Waals surface area contributed by atoms with Gasteiger partial charge in [0.05, 0.1) is 10.9 Å². The average molecular weight is 445 g/mol. The molecule has 0 aromatic heterocycles. The molecule has 0 spiro atoms. The Kier molecular flexibility index (Phi) is 8.53.